The van der Waals surface area contributed by atoms with E-state index in [4.69, 9.17) is 11.6 Å². The summed E-state index contributed by atoms with van der Waals surface area (Å²) in [5.74, 6) is -1.06. The van der Waals surface area contributed by atoms with Gasteiger partial charge in [0, 0.05) is 10.8 Å². The number of hydrogen-bond acceptors (Lipinski definition) is 7. The zero-order chi connectivity index (χ0) is 25.8. The third-order valence-corrected chi connectivity index (χ3v) is 8.07. The van der Waals surface area contributed by atoms with E-state index in [1.54, 1.807) is 6.08 Å². The predicted octanol–water partition coefficient (Wildman–Crippen LogP) is 6.67. The fourth-order valence-electron chi connectivity index (χ4n) is 3.91. The molecule has 0 spiro atoms. The van der Waals surface area contributed by atoms with Gasteiger partial charge in [0.15, 0.2) is 15.9 Å². The third kappa shape index (κ3) is 5.51. The molecule has 0 radical (unpaired) electrons. The number of aliphatic hydroxyl groups is 1. The molecule has 0 fully saturated rings. The summed E-state index contributed by atoms with van der Waals surface area (Å²) in [5.41, 5.74) is 2.60. The van der Waals surface area contributed by atoms with Crippen LogP contribution >= 0.6 is 34.7 Å². The first kappa shape index (κ1) is 25.0. The Morgan fingerprint density at radius 1 is 1.00 bits per heavy atom. The van der Waals surface area contributed by atoms with Gasteiger partial charge < -0.3 is 5.11 Å². The summed E-state index contributed by atoms with van der Waals surface area (Å²) < 4.78 is 0.660. The van der Waals surface area contributed by atoms with Crippen LogP contribution < -0.4 is 4.90 Å². The summed E-state index contributed by atoms with van der Waals surface area (Å²) in [6.07, 6.45) is 3.04. The van der Waals surface area contributed by atoms with E-state index in [9.17, 15) is 14.7 Å². The molecule has 1 unspecified atom stereocenters. The molecule has 184 valence electrons. The van der Waals surface area contributed by atoms with E-state index >= 15 is 0 Å². The number of halogens is 1. The van der Waals surface area contributed by atoms with Crippen LogP contribution in [-0.4, -0.2) is 27.0 Å². The second kappa shape index (κ2) is 11.1. The van der Waals surface area contributed by atoms with Crippen LogP contribution in [0, 0.1) is 0 Å². The standard InChI is InChI=1S/C28H20ClN3O3S2/c29-21-14-11-19(12-15-21)17-36-28-31-30-27(37-28)32-24(20-9-5-2-6-10-20)23(25(34)26(32)35)22(33)16-13-18-7-3-1-4-8-18/h1-16,24,34H,17H2/b16-13+. The van der Waals surface area contributed by atoms with Crippen molar-refractivity contribution >= 4 is 57.6 Å². The summed E-state index contributed by atoms with van der Waals surface area (Å²) in [4.78, 5) is 27.9. The second-order valence-electron chi connectivity index (χ2n) is 8.12. The number of carbonyl (C=O) groups excluding carboxylic acids is 2. The molecule has 2 heterocycles. The van der Waals surface area contributed by atoms with Crippen LogP contribution in [-0.2, 0) is 15.3 Å². The number of allylic oxidation sites excluding steroid dienone is 1. The molecule has 1 N–H and O–H groups in total. The normalized spacial score (nSPS) is 15.6. The third-order valence-electron chi connectivity index (χ3n) is 5.69. The molecule has 5 rings (SSSR count). The number of aromatic nitrogens is 2. The molecule has 1 atom stereocenters. The average Bonchev–Trinajstić information content (AvgIpc) is 3.50. The average molecular weight is 546 g/mol. The van der Waals surface area contributed by atoms with Crippen molar-refractivity contribution in [3.8, 4) is 0 Å². The number of ketones is 1. The minimum Gasteiger partial charge on any atom is -0.503 e. The van der Waals surface area contributed by atoms with Gasteiger partial charge in [-0.05, 0) is 34.9 Å². The van der Waals surface area contributed by atoms with Gasteiger partial charge in [0.25, 0.3) is 5.91 Å². The Labute approximate surface area is 226 Å². The highest BCUT2D eigenvalue weighted by Crippen LogP contribution is 2.43. The molecule has 1 aromatic heterocycles. The van der Waals surface area contributed by atoms with Crippen molar-refractivity contribution in [1.82, 2.24) is 10.2 Å². The lowest BCUT2D eigenvalue weighted by Crippen LogP contribution is -2.30. The maximum Gasteiger partial charge on any atom is 0.296 e. The van der Waals surface area contributed by atoms with Gasteiger partial charge in [0.2, 0.25) is 5.13 Å². The summed E-state index contributed by atoms with van der Waals surface area (Å²) >= 11 is 8.68. The number of carbonyl (C=O) groups is 2. The summed E-state index contributed by atoms with van der Waals surface area (Å²) in [7, 11) is 0. The molecule has 1 aliphatic heterocycles. The molecule has 3 aromatic carbocycles. The van der Waals surface area contributed by atoms with Crippen molar-refractivity contribution in [2.45, 2.75) is 16.1 Å². The first-order valence-electron chi connectivity index (χ1n) is 11.3. The molecule has 0 saturated carbocycles. The Morgan fingerprint density at radius 3 is 2.38 bits per heavy atom. The van der Waals surface area contributed by atoms with Gasteiger partial charge in [-0.15, -0.1) is 10.2 Å². The van der Waals surface area contributed by atoms with E-state index in [0.29, 0.717) is 25.8 Å². The predicted molar refractivity (Wildman–Crippen MR) is 148 cm³/mol. The monoisotopic (exact) mass is 545 g/mol. The molecule has 4 aromatic rings. The minimum absolute atomic E-state index is 0.00829. The van der Waals surface area contributed by atoms with Gasteiger partial charge in [0.05, 0.1) is 11.6 Å². The molecular formula is C28H20ClN3O3S2. The van der Waals surface area contributed by atoms with Crippen molar-refractivity contribution in [1.29, 1.82) is 0 Å². The van der Waals surface area contributed by atoms with Gasteiger partial charge in [-0.25, -0.2) is 0 Å². The second-order valence-corrected chi connectivity index (χ2v) is 10.7. The highest BCUT2D eigenvalue weighted by atomic mass is 35.5. The molecule has 0 saturated heterocycles. The maximum atomic E-state index is 13.3. The lowest BCUT2D eigenvalue weighted by atomic mass is 9.96. The van der Waals surface area contributed by atoms with Crippen LogP contribution in [0.5, 0.6) is 0 Å². The Hall–Kier alpha value is -3.72. The lowest BCUT2D eigenvalue weighted by Gasteiger charge is -2.23. The number of benzene rings is 3. The molecule has 0 aliphatic carbocycles. The zero-order valence-corrected chi connectivity index (χ0v) is 21.7. The highest BCUT2D eigenvalue weighted by molar-refractivity contribution is 8.00. The minimum atomic E-state index is -0.830. The first-order valence-corrected chi connectivity index (χ1v) is 13.5. The molecule has 6 nitrogen and oxygen atoms in total. The lowest BCUT2D eigenvalue weighted by molar-refractivity contribution is -0.117. The molecule has 0 bridgehead atoms. The van der Waals surface area contributed by atoms with Crippen molar-refractivity contribution in [2.24, 2.45) is 0 Å². The van der Waals surface area contributed by atoms with Gasteiger partial charge in [-0.2, -0.15) is 0 Å². The maximum absolute atomic E-state index is 13.3. The fourth-order valence-corrected chi connectivity index (χ4v) is 5.86. The Kier molecular flexibility index (Phi) is 7.50. The van der Waals surface area contributed by atoms with Crippen molar-refractivity contribution in [3.63, 3.8) is 0 Å². The van der Waals surface area contributed by atoms with Crippen LogP contribution in [0.1, 0.15) is 22.7 Å². The van der Waals surface area contributed by atoms with Gasteiger partial charge in [-0.3, -0.25) is 14.5 Å². The van der Waals surface area contributed by atoms with Gasteiger partial charge >= 0.3 is 0 Å². The molecule has 37 heavy (non-hydrogen) atoms. The van der Waals surface area contributed by atoms with E-state index in [2.05, 4.69) is 10.2 Å². The number of thioether (sulfide) groups is 1. The van der Waals surface area contributed by atoms with Crippen LogP contribution in [0.2, 0.25) is 5.02 Å². The van der Waals surface area contributed by atoms with Gasteiger partial charge in [-0.1, -0.05) is 114 Å². The van der Waals surface area contributed by atoms with Crippen molar-refractivity contribution in [2.75, 3.05) is 4.90 Å². The molecule has 1 aliphatic rings. The van der Waals surface area contributed by atoms with Crippen molar-refractivity contribution < 1.29 is 14.7 Å². The van der Waals surface area contributed by atoms with E-state index in [0.717, 1.165) is 11.1 Å². The smallest absolute Gasteiger partial charge is 0.296 e. The molecular weight excluding hydrogens is 526 g/mol. The Bertz CT molecular complexity index is 1490. The number of amides is 1. The van der Waals surface area contributed by atoms with Gasteiger partial charge in [0.1, 0.15) is 0 Å². The SMILES string of the molecule is O=C(/C=C/c1ccccc1)C1=C(O)C(=O)N(c2nnc(SCc3ccc(Cl)cc3)s2)C1c1ccccc1. The largest absolute Gasteiger partial charge is 0.503 e. The summed E-state index contributed by atoms with van der Waals surface area (Å²) in [6, 6.07) is 25.2. The van der Waals surface area contributed by atoms with E-state index < -0.39 is 23.5 Å². The number of anilines is 1. The van der Waals surface area contributed by atoms with Crippen LogP contribution in [0.4, 0.5) is 5.13 Å². The quantitative estimate of drug-likeness (QED) is 0.151. The zero-order valence-electron chi connectivity index (χ0n) is 19.3. The topological polar surface area (TPSA) is 83.4 Å². The number of rotatable bonds is 8. The Morgan fingerprint density at radius 2 is 1.68 bits per heavy atom. The summed E-state index contributed by atoms with van der Waals surface area (Å²) in [6.45, 7) is 0. The number of hydrogen-bond donors (Lipinski definition) is 1. The van der Waals surface area contributed by atoms with Crippen LogP contribution in [0.25, 0.3) is 6.08 Å². The summed E-state index contributed by atoms with van der Waals surface area (Å²) in [5, 5.41) is 20.3. The van der Waals surface area contributed by atoms with E-state index in [-0.39, 0.29) is 5.57 Å². The first-order chi connectivity index (χ1) is 18.0. The molecule has 9 heteroatoms. The van der Waals surface area contributed by atoms with Crippen LogP contribution in [0.3, 0.4) is 0 Å². The fraction of sp³-hybridized carbons (Fsp3) is 0.0714. The van der Waals surface area contributed by atoms with E-state index in [1.165, 1.54) is 34.1 Å². The Balaban J connectivity index is 1.43. The highest BCUT2D eigenvalue weighted by Gasteiger charge is 2.45. The van der Waals surface area contributed by atoms with Crippen LogP contribution in [0.15, 0.2) is 107 Å². The number of aliphatic hydroxyl groups excluding tert-OH is 1. The van der Waals surface area contributed by atoms with Crippen molar-refractivity contribution in [3.05, 3.63) is 124 Å². The molecule has 1 amide bonds. The van der Waals surface area contributed by atoms with E-state index in [1.807, 2.05) is 84.9 Å². The number of nitrogens with zero attached hydrogens (tertiary/aromatic N) is 3.